The molecule has 0 bridgehead atoms. The fourth-order valence-corrected chi connectivity index (χ4v) is 5.44. The van der Waals surface area contributed by atoms with Crippen molar-refractivity contribution in [2.75, 3.05) is 23.7 Å². The summed E-state index contributed by atoms with van der Waals surface area (Å²) in [5.41, 5.74) is 1.72. The molecule has 0 fully saturated rings. The molecule has 0 saturated carbocycles. The number of nitrogens with one attached hydrogen (secondary N) is 1. The van der Waals surface area contributed by atoms with Gasteiger partial charge in [-0.3, -0.25) is 13.9 Å². The number of hydrogen-bond acceptors (Lipinski definition) is 4. The quantitative estimate of drug-likeness (QED) is 0.253. The van der Waals surface area contributed by atoms with Crippen LogP contribution in [0.25, 0.3) is 0 Å². The molecule has 220 valence electrons. The Kier molecular flexibility index (Phi) is 11.8. The largest absolute Gasteiger partial charge is 0.354 e. The van der Waals surface area contributed by atoms with Crippen molar-refractivity contribution in [3.05, 3.63) is 102 Å². The molecule has 3 rings (SSSR count). The lowest BCUT2D eigenvalue weighted by atomic mass is 10.0. The topological polar surface area (TPSA) is 86.8 Å². The number of hydrogen-bond donors (Lipinski definition) is 1. The highest BCUT2D eigenvalue weighted by atomic mass is 32.2. The van der Waals surface area contributed by atoms with Gasteiger partial charge in [0.05, 0.1) is 11.9 Å². The summed E-state index contributed by atoms with van der Waals surface area (Å²) in [6.45, 7) is 2.59. The van der Waals surface area contributed by atoms with Gasteiger partial charge in [0, 0.05) is 38.5 Å². The minimum absolute atomic E-state index is 0.0303. The molecule has 7 nitrogen and oxygen atoms in total. The molecule has 3 aromatic rings. The van der Waals surface area contributed by atoms with E-state index in [4.69, 9.17) is 0 Å². The number of nitrogens with zero attached hydrogens (tertiary/aromatic N) is 2. The smallest absolute Gasteiger partial charge is 0.243 e. The molecule has 0 radical (unpaired) electrons. The van der Waals surface area contributed by atoms with Crippen molar-refractivity contribution in [1.82, 2.24) is 10.2 Å². The van der Waals surface area contributed by atoms with Crippen LogP contribution in [0.3, 0.4) is 0 Å². The van der Waals surface area contributed by atoms with Crippen LogP contribution in [0.1, 0.15) is 43.7 Å². The minimum atomic E-state index is -3.84. The zero-order valence-corrected chi connectivity index (χ0v) is 24.2. The Hall–Kier alpha value is -3.79. The van der Waals surface area contributed by atoms with Crippen LogP contribution < -0.4 is 9.62 Å². The predicted molar refractivity (Wildman–Crippen MR) is 157 cm³/mol. The molecule has 3 aromatic carbocycles. The van der Waals surface area contributed by atoms with Gasteiger partial charge in [-0.05, 0) is 36.1 Å². The summed E-state index contributed by atoms with van der Waals surface area (Å²) < 4.78 is 53.2. The SMILES string of the molecule is CCCCNC(=O)[C@@H](Cc1ccccc1)N(Cc1ccccc1)C(=O)CCCN(c1ccc(F)c(F)c1)S(C)(=O)=O. The van der Waals surface area contributed by atoms with E-state index in [1.165, 1.54) is 6.07 Å². The van der Waals surface area contributed by atoms with Gasteiger partial charge in [0.1, 0.15) is 6.04 Å². The normalized spacial score (nSPS) is 12.0. The first-order valence-corrected chi connectivity index (χ1v) is 15.5. The first kappa shape index (κ1) is 31.7. The van der Waals surface area contributed by atoms with Gasteiger partial charge in [-0.25, -0.2) is 17.2 Å². The third-order valence-electron chi connectivity index (χ3n) is 6.64. The van der Waals surface area contributed by atoms with Gasteiger partial charge in [-0.1, -0.05) is 74.0 Å². The van der Waals surface area contributed by atoms with Crippen LogP contribution in [0.15, 0.2) is 78.9 Å². The predicted octanol–water partition coefficient (Wildman–Crippen LogP) is 5.07. The number of unbranched alkanes of at least 4 members (excludes halogenated alkanes) is 1. The summed E-state index contributed by atoms with van der Waals surface area (Å²) in [5, 5.41) is 2.96. The maximum atomic E-state index is 13.9. The highest BCUT2D eigenvalue weighted by Crippen LogP contribution is 2.22. The molecule has 1 atom stereocenters. The molecule has 10 heteroatoms. The van der Waals surface area contributed by atoms with Gasteiger partial charge in [-0.15, -0.1) is 0 Å². The van der Waals surface area contributed by atoms with E-state index in [-0.39, 0.29) is 43.4 Å². The number of benzene rings is 3. The summed E-state index contributed by atoms with van der Waals surface area (Å²) >= 11 is 0. The fraction of sp³-hybridized carbons (Fsp3) is 0.355. The Morgan fingerprint density at radius 2 is 1.51 bits per heavy atom. The molecule has 0 spiro atoms. The van der Waals surface area contributed by atoms with Gasteiger partial charge >= 0.3 is 0 Å². The Morgan fingerprint density at radius 1 is 0.878 bits per heavy atom. The second-order valence-electron chi connectivity index (χ2n) is 9.89. The number of anilines is 1. The maximum Gasteiger partial charge on any atom is 0.243 e. The van der Waals surface area contributed by atoms with Crippen molar-refractivity contribution < 1.29 is 26.8 Å². The van der Waals surface area contributed by atoms with Crippen LogP contribution in [0.2, 0.25) is 0 Å². The number of rotatable bonds is 15. The zero-order chi connectivity index (χ0) is 29.8. The summed E-state index contributed by atoms with van der Waals surface area (Å²) in [6.07, 6.45) is 3.03. The summed E-state index contributed by atoms with van der Waals surface area (Å²) in [7, 11) is -3.84. The van der Waals surface area contributed by atoms with Gasteiger partial charge in [0.2, 0.25) is 21.8 Å². The van der Waals surface area contributed by atoms with Gasteiger partial charge < -0.3 is 10.2 Å². The summed E-state index contributed by atoms with van der Waals surface area (Å²) in [6, 6.07) is 20.9. The van der Waals surface area contributed by atoms with Crippen LogP contribution in [0, 0.1) is 11.6 Å². The monoisotopic (exact) mass is 585 g/mol. The van der Waals surface area contributed by atoms with Crippen LogP contribution in [-0.2, 0) is 32.6 Å². The molecular weight excluding hydrogens is 548 g/mol. The van der Waals surface area contributed by atoms with Crippen molar-refractivity contribution in [1.29, 1.82) is 0 Å². The lowest BCUT2D eigenvalue weighted by molar-refractivity contribution is -0.141. The van der Waals surface area contributed by atoms with Crippen LogP contribution in [0.4, 0.5) is 14.5 Å². The van der Waals surface area contributed by atoms with E-state index in [9.17, 15) is 26.8 Å². The van der Waals surface area contributed by atoms with Gasteiger partial charge in [0.15, 0.2) is 11.6 Å². The van der Waals surface area contributed by atoms with Crippen molar-refractivity contribution in [3.63, 3.8) is 0 Å². The van der Waals surface area contributed by atoms with E-state index < -0.39 is 27.7 Å². The first-order valence-electron chi connectivity index (χ1n) is 13.7. The van der Waals surface area contributed by atoms with E-state index in [0.717, 1.165) is 46.7 Å². The molecule has 0 saturated heterocycles. The molecule has 0 aliphatic carbocycles. The van der Waals surface area contributed by atoms with Crippen molar-refractivity contribution in [2.45, 2.75) is 51.6 Å². The Labute approximate surface area is 241 Å². The van der Waals surface area contributed by atoms with E-state index in [1.54, 1.807) is 4.90 Å². The average Bonchev–Trinajstić information content (AvgIpc) is 2.95. The van der Waals surface area contributed by atoms with E-state index >= 15 is 0 Å². The molecular formula is C31H37F2N3O4S. The lowest BCUT2D eigenvalue weighted by Crippen LogP contribution is -2.50. The molecule has 0 aromatic heterocycles. The number of sulfonamides is 1. The van der Waals surface area contributed by atoms with Gasteiger partial charge in [0.25, 0.3) is 0 Å². The van der Waals surface area contributed by atoms with E-state index in [0.29, 0.717) is 13.0 Å². The van der Waals surface area contributed by atoms with E-state index in [2.05, 4.69) is 5.32 Å². The summed E-state index contributed by atoms with van der Waals surface area (Å²) in [5.74, 6) is -2.83. The molecule has 0 unspecified atom stereocenters. The first-order chi connectivity index (χ1) is 19.6. The van der Waals surface area contributed by atoms with Crippen LogP contribution >= 0.6 is 0 Å². The molecule has 41 heavy (non-hydrogen) atoms. The Bertz CT molecular complexity index is 1390. The average molecular weight is 586 g/mol. The van der Waals surface area contributed by atoms with Crippen LogP contribution in [-0.4, -0.2) is 50.5 Å². The number of halogens is 2. The lowest BCUT2D eigenvalue weighted by Gasteiger charge is -2.32. The third kappa shape index (κ3) is 9.67. The maximum absolute atomic E-state index is 13.9. The second kappa shape index (κ2) is 15.3. The highest BCUT2D eigenvalue weighted by molar-refractivity contribution is 7.92. The third-order valence-corrected chi connectivity index (χ3v) is 7.83. The summed E-state index contributed by atoms with van der Waals surface area (Å²) in [4.78, 5) is 28.8. The molecule has 2 amide bonds. The number of carbonyl (C=O) groups is 2. The van der Waals surface area contributed by atoms with Crippen molar-refractivity contribution >= 4 is 27.5 Å². The van der Waals surface area contributed by atoms with Crippen molar-refractivity contribution in [3.8, 4) is 0 Å². The van der Waals surface area contributed by atoms with Crippen LogP contribution in [0.5, 0.6) is 0 Å². The standard InChI is InChI=1S/C31H37F2N3O4S/c1-3-4-19-34-31(38)29(21-24-12-7-5-8-13-24)35(23-25-14-9-6-10-15-25)30(37)16-11-20-36(41(2,39)40)26-17-18-27(32)28(33)22-26/h5-10,12-15,17-18,22,29H,3-4,11,16,19-21,23H2,1-2H3,(H,34,38)/t29-/m1/s1. The highest BCUT2D eigenvalue weighted by Gasteiger charge is 2.30. The van der Waals surface area contributed by atoms with Crippen molar-refractivity contribution in [2.24, 2.45) is 0 Å². The number of carbonyl (C=O) groups excluding carboxylic acids is 2. The van der Waals surface area contributed by atoms with Gasteiger partial charge in [-0.2, -0.15) is 0 Å². The zero-order valence-electron chi connectivity index (χ0n) is 23.4. The fourth-order valence-electron chi connectivity index (χ4n) is 4.48. The molecule has 0 heterocycles. The second-order valence-corrected chi connectivity index (χ2v) is 11.8. The minimum Gasteiger partial charge on any atom is -0.354 e. The Balaban J connectivity index is 1.85. The molecule has 0 aliphatic rings. The Morgan fingerprint density at radius 3 is 2.10 bits per heavy atom. The van der Waals surface area contributed by atoms with E-state index in [1.807, 2.05) is 67.6 Å². The molecule has 1 N–H and O–H groups in total. The molecule has 0 aliphatic heterocycles. The number of amides is 2.